The van der Waals surface area contributed by atoms with E-state index < -0.39 is 5.82 Å². The Morgan fingerprint density at radius 2 is 2.27 bits per heavy atom. The third-order valence-electron chi connectivity index (χ3n) is 3.44. The SMILES string of the molecule is O=C(c1ccc(F)cc1Cl)N1CC[C@@H](Oc2ccncn2)C1. The van der Waals surface area contributed by atoms with E-state index in [4.69, 9.17) is 16.3 Å². The molecule has 1 aromatic carbocycles. The van der Waals surface area contributed by atoms with Crippen molar-refractivity contribution in [2.24, 2.45) is 0 Å². The van der Waals surface area contributed by atoms with Crippen LogP contribution in [-0.4, -0.2) is 40.0 Å². The van der Waals surface area contributed by atoms with Gasteiger partial charge in [-0.05, 0) is 18.2 Å². The van der Waals surface area contributed by atoms with E-state index in [-0.39, 0.29) is 17.0 Å². The van der Waals surface area contributed by atoms with E-state index in [2.05, 4.69) is 9.97 Å². The molecular formula is C15H13ClFN3O2. The molecule has 114 valence electrons. The predicted molar refractivity (Wildman–Crippen MR) is 78.4 cm³/mol. The maximum Gasteiger partial charge on any atom is 0.255 e. The molecule has 0 unspecified atom stereocenters. The van der Waals surface area contributed by atoms with Gasteiger partial charge in [0.1, 0.15) is 18.2 Å². The number of halogens is 2. The highest BCUT2D eigenvalue weighted by Crippen LogP contribution is 2.22. The van der Waals surface area contributed by atoms with Crippen molar-refractivity contribution in [3.8, 4) is 5.88 Å². The van der Waals surface area contributed by atoms with Crippen molar-refractivity contribution in [2.75, 3.05) is 13.1 Å². The van der Waals surface area contributed by atoms with Crippen molar-refractivity contribution in [1.82, 2.24) is 14.9 Å². The van der Waals surface area contributed by atoms with Crippen LogP contribution in [0.4, 0.5) is 4.39 Å². The minimum atomic E-state index is -0.465. The van der Waals surface area contributed by atoms with E-state index in [1.807, 2.05) is 0 Å². The first-order chi connectivity index (χ1) is 10.6. The largest absolute Gasteiger partial charge is 0.472 e. The number of likely N-dealkylation sites (tertiary alicyclic amines) is 1. The van der Waals surface area contributed by atoms with Crippen molar-refractivity contribution in [2.45, 2.75) is 12.5 Å². The fourth-order valence-electron chi connectivity index (χ4n) is 2.36. The van der Waals surface area contributed by atoms with E-state index in [1.54, 1.807) is 17.2 Å². The Kier molecular flexibility index (Phi) is 4.20. The normalized spacial score (nSPS) is 17.5. The highest BCUT2D eigenvalue weighted by molar-refractivity contribution is 6.33. The van der Waals surface area contributed by atoms with Crippen LogP contribution < -0.4 is 4.74 Å². The summed E-state index contributed by atoms with van der Waals surface area (Å²) in [6, 6.07) is 5.43. The molecule has 0 bridgehead atoms. The summed E-state index contributed by atoms with van der Waals surface area (Å²) < 4.78 is 18.8. The minimum Gasteiger partial charge on any atom is -0.472 e. The van der Waals surface area contributed by atoms with Crippen LogP contribution in [0.2, 0.25) is 5.02 Å². The number of aromatic nitrogens is 2. The summed E-state index contributed by atoms with van der Waals surface area (Å²) in [5, 5.41) is 0.116. The van der Waals surface area contributed by atoms with Gasteiger partial charge in [0.15, 0.2) is 0 Å². The van der Waals surface area contributed by atoms with Crippen LogP contribution in [0.3, 0.4) is 0 Å². The molecule has 3 rings (SSSR count). The summed E-state index contributed by atoms with van der Waals surface area (Å²) in [6.07, 6.45) is 3.58. The lowest BCUT2D eigenvalue weighted by Gasteiger charge is -2.17. The third kappa shape index (κ3) is 3.17. The summed E-state index contributed by atoms with van der Waals surface area (Å²) in [5.74, 6) is -0.208. The van der Waals surface area contributed by atoms with Crippen LogP contribution in [0.1, 0.15) is 16.8 Å². The second-order valence-electron chi connectivity index (χ2n) is 4.95. The topological polar surface area (TPSA) is 55.3 Å². The van der Waals surface area contributed by atoms with Crippen molar-refractivity contribution < 1.29 is 13.9 Å². The summed E-state index contributed by atoms with van der Waals surface area (Å²) >= 11 is 5.93. The number of carbonyl (C=O) groups excluding carboxylic acids is 1. The van der Waals surface area contributed by atoms with Crippen molar-refractivity contribution in [3.05, 3.63) is 53.2 Å². The first kappa shape index (κ1) is 14.7. The van der Waals surface area contributed by atoms with E-state index in [1.165, 1.54) is 18.5 Å². The zero-order valence-electron chi connectivity index (χ0n) is 11.6. The van der Waals surface area contributed by atoms with Gasteiger partial charge in [0.05, 0.1) is 17.1 Å². The highest BCUT2D eigenvalue weighted by Gasteiger charge is 2.29. The first-order valence-electron chi connectivity index (χ1n) is 6.80. The number of carbonyl (C=O) groups is 1. The number of amides is 1. The lowest BCUT2D eigenvalue weighted by atomic mass is 10.2. The summed E-state index contributed by atoms with van der Waals surface area (Å²) in [6.45, 7) is 0.999. The van der Waals surface area contributed by atoms with E-state index >= 15 is 0 Å². The molecule has 1 aliphatic rings. The first-order valence-corrected chi connectivity index (χ1v) is 7.18. The van der Waals surface area contributed by atoms with Crippen molar-refractivity contribution in [1.29, 1.82) is 0 Å². The van der Waals surface area contributed by atoms with Crippen molar-refractivity contribution >= 4 is 17.5 Å². The van der Waals surface area contributed by atoms with Crippen LogP contribution in [-0.2, 0) is 0 Å². The quantitative estimate of drug-likeness (QED) is 0.872. The van der Waals surface area contributed by atoms with Crippen LogP contribution in [0.15, 0.2) is 36.8 Å². The lowest BCUT2D eigenvalue weighted by Crippen LogP contribution is -2.31. The van der Waals surface area contributed by atoms with Gasteiger partial charge in [0.2, 0.25) is 5.88 Å². The van der Waals surface area contributed by atoms with E-state index in [9.17, 15) is 9.18 Å². The Bertz CT molecular complexity index is 684. The molecule has 0 radical (unpaired) electrons. The van der Waals surface area contributed by atoms with Gasteiger partial charge in [-0.1, -0.05) is 11.6 Å². The Hall–Kier alpha value is -2.21. The molecule has 2 heterocycles. The maximum absolute atomic E-state index is 13.1. The molecular weight excluding hydrogens is 309 g/mol. The molecule has 22 heavy (non-hydrogen) atoms. The molecule has 0 aliphatic carbocycles. The van der Waals surface area contributed by atoms with Crippen LogP contribution in [0.5, 0.6) is 5.88 Å². The van der Waals surface area contributed by atoms with Gasteiger partial charge in [-0.15, -0.1) is 0 Å². The molecule has 1 fully saturated rings. The number of nitrogens with zero attached hydrogens (tertiary/aromatic N) is 3. The van der Waals surface area contributed by atoms with Gasteiger partial charge in [-0.3, -0.25) is 4.79 Å². The summed E-state index contributed by atoms with van der Waals surface area (Å²) in [7, 11) is 0. The highest BCUT2D eigenvalue weighted by atomic mass is 35.5. The van der Waals surface area contributed by atoms with Gasteiger partial charge in [0.25, 0.3) is 5.91 Å². The van der Waals surface area contributed by atoms with Crippen LogP contribution >= 0.6 is 11.6 Å². The molecule has 1 amide bonds. The van der Waals surface area contributed by atoms with E-state index in [0.29, 0.717) is 31.0 Å². The fourth-order valence-corrected chi connectivity index (χ4v) is 2.61. The second-order valence-corrected chi connectivity index (χ2v) is 5.36. The van der Waals surface area contributed by atoms with Crippen LogP contribution in [0.25, 0.3) is 0 Å². The lowest BCUT2D eigenvalue weighted by molar-refractivity contribution is 0.0771. The van der Waals surface area contributed by atoms with Gasteiger partial charge in [-0.25, -0.2) is 14.4 Å². The molecule has 7 heteroatoms. The number of rotatable bonds is 3. The zero-order chi connectivity index (χ0) is 15.5. The third-order valence-corrected chi connectivity index (χ3v) is 3.75. The second kappa shape index (κ2) is 6.27. The summed E-state index contributed by atoms with van der Waals surface area (Å²) in [5.41, 5.74) is 0.297. The van der Waals surface area contributed by atoms with Gasteiger partial charge in [-0.2, -0.15) is 0 Å². The van der Waals surface area contributed by atoms with Gasteiger partial charge < -0.3 is 9.64 Å². The Labute approximate surface area is 131 Å². The van der Waals surface area contributed by atoms with Gasteiger partial charge >= 0.3 is 0 Å². The standard InChI is InChI=1S/C15H13ClFN3O2/c16-13-7-10(17)1-2-12(13)15(21)20-6-4-11(8-20)22-14-3-5-18-9-19-14/h1-3,5,7,9,11H,4,6,8H2/t11-/m1/s1. The Balaban J connectivity index is 1.66. The van der Waals surface area contributed by atoms with Crippen LogP contribution in [0, 0.1) is 5.82 Å². The predicted octanol–water partition coefficient (Wildman–Crippen LogP) is 2.56. The molecule has 2 aromatic rings. The molecule has 0 saturated carbocycles. The number of hydrogen-bond acceptors (Lipinski definition) is 4. The molecule has 0 spiro atoms. The average Bonchev–Trinajstić information content (AvgIpc) is 2.96. The molecule has 1 atom stereocenters. The van der Waals surface area contributed by atoms with E-state index in [0.717, 1.165) is 6.07 Å². The average molecular weight is 322 g/mol. The number of hydrogen-bond donors (Lipinski definition) is 0. The molecule has 0 N–H and O–H groups in total. The number of benzene rings is 1. The molecule has 1 saturated heterocycles. The smallest absolute Gasteiger partial charge is 0.255 e. The fraction of sp³-hybridized carbons (Fsp3) is 0.267. The molecule has 5 nitrogen and oxygen atoms in total. The Morgan fingerprint density at radius 3 is 3.00 bits per heavy atom. The van der Waals surface area contributed by atoms with Crippen molar-refractivity contribution in [3.63, 3.8) is 0 Å². The molecule has 1 aromatic heterocycles. The Morgan fingerprint density at radius 1 is 1.41 bits per heavy atom. The minimum absolute atomic E-state index is 0.116. The van der Waals surface area contributed by atoms with Gasteiger partial charge in [0, 0.05) is 25.2 Å². The monoisotopic (exact) mass is 321 g/mol. The molecule has 1 aliphatic heterocycles. The zero-order valence-corrected chi connectivity index (χ0v) is 12.3. The summed E-state index contributed by atoms with van der Waals surface area (Å²) in [4.78, 5) is 21.9. The maximum atomic E-state index is 13.1. The number of ether oxygens (including phenoxy) is 1.